The highest BCUT2D eigenvalue weighted by Gasteiger charge is 2.38. The summed E-state index contributed by atoms with van der Waals surface area (Å²) in [5, 5.41) is 15.0. The lowest BCUT2D eigenvalue weighted by Gasteiger charge is -2.37. The molecule has 0 unspecified atom stereocenters. The maximum atomic E-state index is 11.2. The number of fused-ring (bicyclic) bond motifs is 3. The quantitative estimate of drug-likeness (QED) is 0.441. The van der Waals surface area contributed by atoms with Crippen LogP contribution in [0.4, 0.5) is 11.4 Å². The van der Waals surface area contributed by atoms with Gasteiger partial charge >= 0.3 is 0 Å². The van der Waals surface area contributed by atoms with Crippen molar-refractivity contribution in [2.75, 3.05) is 5.32 Å². The zero-order chi connectivity index (χ0) is 17.6. The van der Waals surface area contributed by atoms with E-state index >= 15 is 0 Å². The standard InChI is InChI=1S/C20H19ClN2O2/c1-2-12-6-9-18-16(10-12)14-4-3-5-15(14)20(22-18)13-7-8-17(21)19(11-13)23(24)25/h3-4,6-11,14-15,20,22H,2,5H2,1H3/t14-,15+,20-/m1/s1. The van der Waals surface area contributed by atoms with Gasteiger partial charge in [-0.3, -0.25) is 10.1 Å². The van der Waals surface area contributed by atoms with Crippen molar-refractivity contribution in [1.29, 1.82) is 0 Å². The summed E-state index contributed by atoms with van der Waals surface area (Å²) in [7, 11) is 0. The second-order valence-electron chi connectivity index (χ2n) is 6.72. The fraction of sp³-hybridized carbons (Fsp3) is 0.300. The smallest absolute Gasteiger partial charge is 0.288 e. The predicted octanol–water partition coefficient (Wildman–Crippen LogP) is 5.64. The monoisotopic (exact) mass is 354 g/mol. The highest BCUT2D eigenvalue weighted by atomic mass is 35.5. The van der Waals surface area contributed by atoms with Gasteiger partial charge in [-0.2, -0.15) is 0 Å². The van der Waals surface area contributed by atoms with Crippen molar-refractivity contribution in [3.05, 3.63) is 80.4 Å². The van der Waals surface area contributed by atoms with E-state index in [2.05, 4.69) is 42.6 Å². The van der Waals surface area contributed by atoms with Gasteiger partial charge in [-0.05, 0) is 47.6 Å². The molecule has 0 bridgehead atoms. The van der Waals surface area contributed by atoms with Crippen molar-refractivity contribution >= 4 is 23.0 Å². The lowest BCUT2D eigenvalue weighted by atomic mass is 9.76. The van der Waals surface area contributed by atoms with Crippen LogP contribution in [0.2, 0.25) is 5.02 Å². The lowest BCUT2D eigenvalue weighted by molar-refractivity contribution is -0.384. The molecule has 0 aromatic heterocycles. The van der Waals surface area contributed by atoms with Gasteiger partial charge in [0.25, 0.3) is 5.69 Å². The van der Waals surface area contributed by atoms with Crippen LogP contribution in [0.3, 0.4) is 0 Å². The molecule has 25 heavy (non-hydrogen) atoms. The Labute approximate surface area is 151 Å². The van der Waals surface area contributed by atoms with Crippen molar-refractivity contribution in [2.24, 2.45) is 5.92 Å². The van der Waals surface area contributed by atoms with Crippen LogP contribution >= 0.6 is 11.6 Å². The Morgan fingerprint density at radius 2 is 2.12 bits per heavy atom. The van der Waals surface area contributed by atoms with Crippen LogP contribution in [0, 0.1) is 16.0 Å². The molecule has 2 aliphatic rings. The van der Waals surface area contributed by atoms with E-state index in [0.717, 1.165) is 24.1 Å². The van der Waals surface area contributed by atoms with Crippen molar-refractivity contribution in [2.45, 2.75) is 31.7 Å². The molecule has 0 radical (unpaired) electrons. The van der Waals surface area contributed by atoms with Gasteiger partial charge in [0.05, 0.1) is 11.0 Å². The molecule has 4 nitrogen and oxygen atoms in total. The molecule has 3 atom stereocenters. The second-order valence-corrected chi connectivity index (χ2v) is 7.13. The molecule has 128 valence electrons. The van der Waals surface area contributed by atoms with E-state index in [0.29, 0.717) is 11.8 Å². The van der Waals surface area contributed by atoms with E-state index in [-0.39, 0.29) is 16.8 Å². The van der Waals surface area contributed by atoms with E-state index in [1.54, 1.807) is 12.1 Å². The molecule has 1 heterocycles. The summed E-state index contributed by atoms with van der Waals surface area (Å²) in [5.41, 5.74) is 4.67. The first-order valence-corrected chi connectivity index (χ1v) is 8.96. The Balaban J connectivity index is 1.77. The highest BCUT2D eigenvalue weighted by Crippen LogP contribution is 2.50. The largest absolute Gasteiger partial charge is 0.378 e. The Bertz CT molecular complexity index is 878. The molecule has 0 spiro atoms. The van der Waals surface area contributed by atoms with Crippen LogP contribution in [0.25, 0.3) is 0 Å². The third kappa shape index (κ3) is 2.71. The first-order valence-electron chi connectivity index (χ1n) is 8.58. The number of aryl methyl sites for hydroxylation is 1. The van der Waals surface area contributed by atoms with Gasteiger partial charge in [-0.25, -0.2) is 0 Å². The third-order valence-corrected chi connectivity index (χ3v) is 5.68. The van der Waals surface area contributed by atoms with E-state index in [4.69, 9.17) is 11.6 Å². The maximum Gasteiger partial charge on any atom is 0.288 e. The zero-order valence-corrected chi connectivity index (χ0v) is 14.7. The minimum absolute atomic E-state index is 0.0319. The summed E-state index contributed by atoms with van der Waals surface area (Å²) in [6.45, 7) is 2.16. The Morgan fingerprint density at radius 1 is 1.28 bits per heavy atom. The van der Waals surface area contributed by atoms with Gasteiger partial charge < -0.3 is 5.32 Å². The zero-order valence-electron chi connectivity index (χ0n) is 13.9. The minimum atomic E-state index is -0.416. The summed E-state index contributed by atoms with van der Waals surface area (Å²) < 4.78 is 0. The second kappa shape index (κ2) is 6.19. The summed E-state index contributed by atoms with van der Waals surface area (Å²) in [5.74, 6) is 0.711. The fourth-order valence-electron chi connectivity index (χ4n) is 4.06. The normalized spacial score (nSPS) is 23.7. The number of nitrogens with one attached hydrogen (secondary N) is 1. The molecule has 2 aromatic rings. The first kappa shape index (κ1) is 16.2. The van der Waals surface area contributed by atoms with E-state index < -0.39 is 4.92 Å². The van der Waals surface area contributed by atoms with Gasteiger partial charge in [0, 0.05) is 17.7 Å². The summed E-state index contributed by atoms with van der Waals surface area (Å²) >= 11 is 5.98. The van der Waals surface area contributed by atoms with Crippen LogP contribution in [-0.2, 0) is 6.42 Å². The molecule has 0 fully saturated rings. The summed E-state index contributed by atoms with van der Waals surface area (Å²) in [4.78, 5) is 10.8. The third-order valence-electron chi connectivity index (χ3n) is 5.36. The van der Waals surface area contributed by atoms with Crippen molar-refractivity contribution < 1.29 is 4.92 Å². The SMILES string of the molecule is CCc1ccc2c(c1)[C@@H]1C=CC[C@@H]1[C@@H](c1ccc(Cl)c([N+](=O)[O-])c1)N2. The Hall–Kier alpha value is -2.33. The fourth-order valence-corrected chi connectivity index (χ4v) is 4.24. The number of hydrogen-bond acceptors (Lipinski definition) is 3. The number of benzene rings is 2. The van der Waals surface area contributed by atoms with Crippen molar-refractivity contribution in [1.82, 2.24) is 0 Å². The molecule has 4 rings (SSSR count). The van der Waals surface area contributed by atoms with Gasteiger partial charge in [0.2, 0.25) is 0 Å². The number of halogens is 1. The highest BCUT2D eigenvalue weighted by molar-refractivity contribution is 6.32. The average Bonchev–Trinajstić information content (AvgIpc) is 3.11. The van der Waals surface area contributed by atoms with Gasteiger partial charge in [0.1, 0.15) is 5.02 Å². The number of nitro benzene ring substituents is 1. The number of allylic oxidation sites excluding steroid dienone is 2. The van der Waals surface area contributed by atoms with Crippen molar-refractivity contribution in [3.8, 4) is 0 Å². The number of rotatable bonds is 3. The molecule has 1 aliphatic heterocycles. The van der Waals surface area contributed by atoms with Crippen LogP contribution < -0.4 is 5.32 Å². The van der Waals surface area contributed by atoms with Gasteiger partial charge in [0.15, 0.2) is 0 Å². The molecule has 5 heteroatoms. The Morgan fingerprint density at radius 3 is 2.88 bits per heavy atom. The van der Waals surface area contributed by atoms with E-state index in [9.17, 15) is 10.1 Å². The number of anilines is 1. The van der Waals surface area contributed by atoms with Crippen LogP contribution in [0.15, 0.2) is 48.6 Å². The molecular formula is C20H19ClN2O2. The average molecular weight is 355 g/mol. The number of nitrogens with zero attached hydrogens (tertiary/aromatic N) is 1. The molecule has 0 saturated carbocycles. The number of hydrogen-bond donors (Lipinski definition) is 1. The molecule has 1 N–H and O–H groups in total. The van der Waals surface area contributed by atoms with Crippen LogP contribution in [-0.4, -0.2) is 4.92 Å². The minimum Gasteiger partial charge on any atom is -0.378 e. The van der Waals surface area contributed by atoms with Gasteiger partial charge in [-0.1, -0.05) is 48.9 Å². The molecule has 0 amide bonds. The molecule has 0 saturated heterocycles. The van der Waals surface area contributed by atoms with E-state index in [1.165, 1.54) is 11.1 Å². The molecule has 2 aromatic carbocycles. The van der Waals surface area contributed by atoms with E-state index in [1.807, 2.05) is 6.07 Å². The summed E-state index contributed by atoms with van der Waals surface area (Å²) in [6.07, 6.45) is 6.49. The van der Waals surface area contributed by atoms with Crippen LogP contribution in [0.1, 0.15) is 42.0 Å². The number of nitro groups is 1. The van der Waals surface area contributed by atoms with Crippen LogP contribution in [0.5, 0.6) is 0 Å². The van der Waals surface area contributed by atoms with Gasteiger partial charge in [-0.15, -0.1) is 0 Å². The first-order chi connectivity index (χ1) is 12.1. The maximum absolute atomic E-state index is 11.2. The predicted molar refractivity (Wildman–Crippen MR) is 100 cm³/mol. The topological polar surface area (TPSA) is 55.2 Å². The molecular weight excluding hydrogens is 336 g/mol. The molecule has 1 aliphatic carbocycles. The summed E-state index contributed by atoms with van der Waals surface area (Å²) in [6, 6.07) is 11.7. The lowest BCUT2D eigenvalue weighted by Crippen LogP contribution is -2.29. The van der Waals surface area contributed by atoms with Crippen molar-refractivity contribution in [3.63, 3.8) is 0 Å². The Kier molecular flexibility index (Phi) is 4.00.